The van der Waals surface area contributed by atoms with E-state index < -0.39 is 167 Å². The summed E-state index contributed by atoms with van der Waals surface area (Å²) >= 11 is 0. The average molecular weight is 1270 g/mol. The van der Waals surface area contributed by atoms with Gasteiger partial charge in [0, 0.05) is 56.2 Å². The molecule has 2 amide bonds. The van der Waals surface area contributed by atoms with E-state index in [9.17, 15) is 43.2 Å². The maximum absolute atomic E-state index is 15.0. The molecule has 0 radical (unpaired) electrons. The number of ether oxygens (including phenoxy) is 15. The van der Waals surface area contributed by atoms with Gasteiger partial charge >= 0.3 is 41.8 Å². The third-order valence-electron chi connectivity index (χ3n) is 14.7. The van der Waals surface area contributed by atoms with Gasteiger partial charge in [0.05, 0.1) is 36.5 Å². The molecule has 26 heteroatoms. The Morgan fingerprint density at radius 3 is 1.36 bits per heavy atom. The number of esters is 7. The quantitative estimate of drug-likeness (QED) is 0.0309. The molecule has 484 valence electrons. The monoisotopic (exact) mass is 1270 g/mol. The number of hydrogen-bond donors (Lipinski definition) is 0. The van der Waals surface area contributed by atoms with Crippen molar-refractivity contribution in [3.8, 4) is 0 Å². The Balaban J connectivity index is 1.33. The van der Waals surface area contributed by atoms with Crippen molar-refractivity contribution < 1.29 is 114 Å². The summed E-state index contributed by atoms with van der Waals surface area (Å²) < 4.78 is 95.0. The van der Waals surface area contributed by atoms with Crippen molar-refractivity contribution in [1.29, 1.82) is 0 Å². The summed E-state index contributed by atoms with van der Waals surface area (Å²) in [6.07, 6.45) is -24.3. The second-order valence-corrected chi connectivity index (χ2v) is 28.5. The molecule has 4 aromatic carbocycles. The number of benzene rings is 4. The molecular weight excluding hydrogens is 1190 g/mol. The number of rotatable bonds is 26. The number of carbonyl (C=O) groups is 9. The van der Waals surface area contributed by atoms with Crippen LogP contribution in [-0.4, -0.2) is 185 Å². The van der Waals surface area contributed by atoms with Crippen LogP contribution in [0.5, 0.6) is 0 Å². The van der Waals surface area contributed by atoms with E-state index in [-0.39, 0.29) is 43.1 Å². The predicted octanol–water partition coefficient (Wildman–Crippen LogP) is 5.83. The molecule has 0 bridgehead atoms. The third kappa shape index (κ3) is 18.0. The lowest BCUT2D eigenvalue weighted by Crippen LogP contribution is -2.70. The molecule has 4 aromatic rings. The molecule has 15 atom stereocenters. The largest absolute Gasteiger partial charge is 0.463 e. The highest BCUT2D eigenvalue weighted by Crippen LogP contribution is 2.41. The Morgan fingerprint density at radius 1 is 0.433 bits per heavy atom. The first kappa shape index (κ1) is 68.1. The standard InChI is InChI=1S/C64H75NO24Si/c1-36(66)77-34-48-52(80-38(3)68)55(82-40(5)70)57(83-41(6)71)63(85-48)89-56-53(81-39(4)69)49(35-78-37(2)67)86-64(58(56)87-61(74)44-25-17-12-18-26-44)88-51-47(33-75-31-42-21-13-10-14-22-42)84-62(76-29-30-90(7,8)9)50(54(51)79-32-43-23-15-11-16-24-43)65-59(72)45-27-19-20-28-46(45)60(65)73/h10-28,47-58,62-64H,29-35H2,1-9H3/t47-,48-,49-,50-,51-,52+,53+,54-,55+,56+,57-,58-,62-,63-,64+/m1/s1. The van der Waals surface area contributed by atoms with E-state index in [1.165, 1.54) is 24.3 Å². The maximum atomic E-state index is 15.0. The van der Waals surface area contributed by atoms with Crippen LogP contribution >= 0.6 is 0 Å². The number of hydrogen-bond acceptors (Lipinski definition) is 24. The van der Waals surface area contributed by atoms with Crippen LogP contribution in [0.4, 0.5) is 0 Å². The topological polar surface area (TPSA) is 295 Å². The van der Waals surface area contributed by atoms with Gasteiger partial charge in [-0.05, 0) is 41.4 Å². The highest BCUT2D eigenvalue weighted by Gasteiger charge is 2.61. The predicted molar refractivity (Wildman–Crippen MR) is 313 cm³/mol. The fraction of sp³-hybridized carbons (Fsp3) is 0.484. The Kier molecular flexibility index (Phi) is 23.7. The Bertz CT molecular complexity index is 3110. The summed E-state index contributed by atoms with van der Waals surface area (Å²) in [6, 6.07) is 31.2. The van der Waals surface area contributed by atoms with Gasteiger partial charge in [0.25, 0.3) is 11.8 Å². The van der Waals surface area contributed by atoms with E-state index in [0.29, 0.717) is 11.6 Å². The van der Waals surface area contributed by atoms with Crippen LogP contribution in [0.1, 0.15) is 83.7 Å². The van der Waals surface area contributed by atoms with Gasteiger partial charge in [-0.15, -0.1) is 0 Å². The summed E-state index contributed by atoms with van der Waals surface area (Å²) in [6.45, 7) is 11.0. The minimum atomic E-state index is -2.05. The van der Waals surface area contributed by atoms with E-state index in [0.717, 1.165) is 52.0 Å². The smallest absolute Gasteiger partial charge is 0.338 e. The van der Waals surface area contributed by atoms with Crippen molar-refractivity contribution in [2.24, 2.45) is 0 Å². The minimum absolute atomic E-state index is 0.0314. The number of imide groups is 1. The van der Waals surface area contributed by atoms with E-state index in [4.69, 9.17) is 71.1 Å². The van der Waals surface area contributed by atoms with Crippen molar-refractivity contribution in [3.05, 3.63) is 143 Å². The molecule has 0 spiro atoms. The Morgan fingerprint density at radius 2 is 0.856 bits per heavy atom. The van der Waals surface area contributed by atoms with Crippen LogP contribution in [0.15, 0.2) is 115 Å². The molecule has 3 fully saturated rings. The molecule has 0 N–H and O–H groups in total. The lowest BCUT2D eigenvalue weighted by Gasteiger charge is -2.51. The molecule has 0 aromatic heterocycles. The highest BCUT2D eigenvalue weighted by molar-refractivity contribution is 6.76. The molecule has 0 saturated carbocycles. The first-order chi connectivity index (χ1) is 43.0. The van der Waals surface area contributed by atoms with Gasteiger partial charge in [0.1, 0.15) is 55.9 Å². The third-order valence-corrected chi connectivity index (χ3v) is 16.4. The molecule has 8 rings (SSSR count). The van der Waals surface area contributed by atoms with Gasteiger partial charge in [-0.2, -0.15) is 0 Å². The fourth-order valence-corrected chi connectivity index (χ4v) is 11.4. The zero-order valence-corrected chi connectivity index (χ0v) is 52.3. The van der Waals surface area contributed by atoms with Gasteiger partial charge in [-0.25, -0.2) is 4.79 Å². The van der Waals surface area contributed by atoms with Crippen LogP contribution in [0.2, 0.25) is 25.7 Å². The van der Waals surface area contributed by atoms with Crippen molar-refractivity contribution in [1.82, 2.24) is 4.90 Å². The summed E-state index contributed by atoms with van der Waals surface area (Å²) in [5.74, 6) is -8.00. The number of nitrogens with zero attached hydrogens (tertiary/aromatic N) is 1. The summed E-state index contributed by atoms with van der Waals surface area (Å²) in [5, 5.41) is 0. The molecule has 0 unspecified atom stereocenters. The molecule has 3 saturated heterocycles. The number of carbonyl (C=O) groups excluding carboxylic acids is 9. The molecule has 4 aliphatic rings. The lowest BCUT2D eigenvalue weighted by molar-refractivity contribution is -0.378. The molecule has 25 nitrogen and oxygen atoms in total. The molecular formula is C64H75NO24Si. The van der Waals surface area contributed by atoms with Crippen molar-refractivity contribution in [3.63, 3.8) is 0 Å². The van der Waals surface area contributed by atoms with E-state index in [1.54, 1.807) is 60.7 Å². The van der Waals surface area contributed by atoms with Crippen molar-refractivity contribution in [2.75, 3.05) is 26.4 Å². The highest BCUT2D eigenvalue weighted by atomic mass is 28.3. The first-order valence-electron chi connectivity index (χ1n) is 29.3. The molecule has 4 heterocycles. The SMILES string of the molecule is CC(=O)OC[C@H]1O[C@H](O[C@H]2[C@@H](OC(C)=O)[C@@H](COC(C)=O)O[C@@H](O[C@H]3[C@H](OCc4ccccc4)[C@@H](N4C(=O)c5ccccc5C4=O)[C@H](OCC[Si](C)(C)C)O[C@@H]3COCc3ccccc3)[C@@H]2OC(=O)c2ccccc2)[C@H](OC(C)=O)[C@@H](OC(C)=O)[C@H]1OC(C)=O. The minimum Gasteiger partial charge on any atom is -0.463 e. The molecule has 90 heavy (non-hydrogen) atoms. The van der Waals surface area contributed by atoms with Crippen LogP contribution in [-0.2, 0) is 113 Å². The lowest BCUT2D eigenvalue weighted by atomic mass is 9.93. The number of fused-ring (bicyclic) bond motifs is 1. The summed E-state index contributed by atoms with van der Waals surface area (Å²) in [4.78, 5) is 124. The summed E-state index contributed by atoms with van der Waals surface area (Å²) in [7, 11) is -1.86. The van der Waals surface area contributed by atoms with Crippen molar-refractivity contribution in [2.45, 2.75) is 172 Å². The van der Waals surface area contributed by atoms with E-state index >= 15 is 0 Å². The van der Waals surface area contributed by atoms with Crippen LogP contribution in [0.3, 0.4) is 0 Å². The normalized spacial score (nSPS) is 27.3. The zero-order chi connectivity index (χ0) is 64.8. The van der Waals surface area contributed by atoms with Gasteiger partial charge in [0.2, 0.25) is 0 Å². The number of amides is 2. The Labute approximate surface area is 520 Å². The van der Waals surface area contributed by atoms with Gasteiger partial charge in [-0.1, -0.05) is 111 Å². The van der Waals surface area contributed by atoms with Crippen LogP contribution < -0.4 is 0 Å². The van der Waals surface area contributed by atoms with Gasteiger partial charge < -0.3 is 71.1 Å². The first-order valence-corrected chi connectivity index (χ1v) is 33.0. The average Bonchev–Trinajstić information content (AvgIpc) is 1.40. The Hall–Kier alpha value is -7.79. The van der Waals surface area contributed by atoms with Crippen LogP contribution in [0, 0.1) is 0 Å². The maximum Gasteiger partial charge on any atom is 0.338 e. The van der Waals surface area contributed by atoms with E-state index in [1.807, 2.05) is 30.3 Å². The molecule has 4 aliphatic heterocycles. The van der Waals surface area contributed by atoms with Crippen LogP contribution in [0.25, 0.3) is 0 Å². The fourth-order valence-electron chi connectivity index (χ4n) is 10.7. The van der Waals surface area contributed by atoms with Gasteiger partial charge in [-0.3, -0.25) is 43.3 Å². The van der Waals surface area contributed by atoms with Gasteiger partial charge in [0.15, 0.2) is 49.4 Å². The van der Waals surface area contributed by atoms with Crippen molar-refractivity contribution >= 4 is 61.7 Å². The second kappa shape index (κ2) is 31.3. The summed E-state index contributed by atoms with van der Waals surface area (Å²) in [5.41, 5.74) is 1.56. The zero-order valence-electron chi connectivity index (χ0n) is 51.3. The molecule has 0 aliphatic carbocycles. The van der Waals surface area contributed by atoms with E-state index in [2.05, 4.69) is 19.6 Å². The second-order valence-electron chi connectivity index (χ2n) is 22.9.